The lowest BCUT2D eigenvalue weighted by molar-refractivity contribution is -0.136. The minimum atomic E-state index is -0.327. The molecule has 1 saturated carbocycles. The second kappa shape index (κ2) is 6.30. The lowest BCUT2D eigenvalue weighted by Gasteiger charge is -2.25. The van der Waals surface area contributed by atoms with E-state index in [1.165, 1.54) is 12.8 Å². The predicted octanol–water partition coefficient (Wildman–Crippen LogP) is 2.72. The number of nitrogens with one attached hydrogen (secondary N) is 2. The van der Waals surface area contributed by atoms with Crippen molar-refractivity contribution < 1.29 is 9.59 Å². The molecule has 1 aromatic heterocycles. The van der Waals surface area contributed by atoms with Crippen molar-refractivity contribution in [3.05, 3.63) is 36.0 Å². The highest BCUT2D eigenvalue weighted by Crippen LogP contribution is 2.26. The Morgan fingerprint density at radius 3 is 2.83 bits per heavy atom. The van der Waals surface area contributed by atoms with Crippen LogP contribution in [0.1, 0.15) is 44.1 Å². The highest BCUT2D eigenvalue weighted by molar-refractivity contribution is 5.91. The number of carbonyl (C=O) groups excluding carboxylic acids is 2. The molecule has 1 aliphatic heterocycles. The molecule has 2 aliphatic rings. The average molecular weight is 325 g/mol. The monoisotopic (exact) mass is 325 g/mol. The van der Waals surface area contributed by atoms with Gasteiger partial charge in [0.15, 0.2) is 0 Å². The van der Waals surface area contributed by atoms with Crippen LogP contribution >= 0.6 is 0 Å². The van der Waals surface area contributed by atoms with Gasteiger partial charge in [0, 0.05) is 36.1 Å². The Morgan fingerprint density at radius 2 is 2.00 bits per heavy atom. The van der Waals surface area contributed by atoms with Crippen LogP contribution in [0, 0.1) is 0 Å². The third kappa shape index (κ3) is 2.79. The number of hydrogen-bond acceptors (Lipinski definition) is 2. The van der Waals surface area contributed by atoms with Crippen molar-refractivity contribution in [2.45, 2.75) is 57.2 Å². The Bertz CT molecular complexity index is 761. The van der Waals surface area contributed by atoms with E-state index in [-0.39, 0.29) is 17.9 Å². The van der Waals surface area contributed by atoms with Gasteiger partial charge in [0.1, 0.15) is 6.04 Å². The number of likely N-dealkylation sites (tertiary alicyclic amines) is 1. The molecule has 0 unspecified atom stereocenters. The van der Waals surface area contributed by atoms with Gasteiger partial charge in [0.05, 0.1) is 0 Å². The summed E-state index contributed by atoms with van der Waals surface area (Å²) in [5, 5.41) is 4.27. The molecule has 1 aliphatic carbocycles. The fraction of sp³-hybridized carbons (Fsp3) is 0.474. The first-order chi connectivity index (χ1) is 11.7. The predicted molar refractivity (Wildman–Crippen MR) is 92.3 cm³/mol. The van der Waals surface area contributed by atoms with Gasteiger partial charge >= 0.3 is 0 Å². The summed E-state index contributed by atoms with van der Waals surface area (Å²) in [6.07, 6.45) is 7.54. The lowest BCUT2D eigenvalue weighted by Crippen LogP contribution is -2.47. The smallest absolute Gasteiger partial charge is 0.243 e. The maximum absolute atomic E-state index is 12.6. The number of carbonyl (C=O) groups is 2. The van der Waals surface area contributed by atoms with Gasteiger partial charge in [-0.3, -0.25) is 9.59 Å². The molecule has 2 N–H and O–H groups in total. The lowest BCUT2D eigenvalue weighted by atomic mass is 10.1. The van der Waals surface area contributed by atoms with Gasteiger partial charge in [-0.05, 0) is 30.9 Å². The number of hydrogen-bond donors (Lipinski definition) is 2. The fourth-order valence-electron chi connectivity index (χ4n) is 4.02. The zero-order chi connectivity index (χ0) is 16.5. The number of fused-ring (bicyclic) bond motifs is 1. The highest BCUT2D eigenvalue weighted by atomic mass is 16.2. The normalized spacial score (nSPS) is 21.8. The van der Waals surface area contributed by atoms with Crippen LogP contribution in [-0.4, -0.2) is 33.8 Å². The van der Waals surface area contributed by atoms with Crippen LogP contribution in [0.15, 0.2) is 30.5 Å². The van der Waals surface area contributed by atoms with Crippen molar-refractivity contribution in [3.63, 3.8) is 0 Å². The van der Waals surface area contributed by atoms with E-state index in [0.29, 0.717) is 25.4 Å². The second-order valence-corrected chi connectivity index (χ2v) is 6.93. The molecule has 4 rings (SSSR count). The van der Waals surface area contributed by atoms with Gasteiger partial charge in [-0.25, -0.2) is 0 Å². The number of H-pyrrole nitrogens is 1. The van der Waals surface area contributed by atoms with E-state index in [9.17, 15) is 9.59 Å². The molecule has 1 atom stereocenters. The first-order valence-corrected chi connectivity index (χ1v) is 8.87. The maximum Gasteiger partial charge on any atom is 0.243 e. The summed E-state index contributed by atoms with van der Waals surface area (Å²) in [5.74, 6) is 0.0967. The number of nitrogens with zero attached hydrogens (tertiary/aromatic N) is 1. The number of amides is 2. The first-order valence-electron chi connectivity index (χ1n) is 8.87. The van der Waals surface area contributed by atoms with Gasteiger partial charge in [0.2, 0.25) is 11.8 Å². The van der Waals surface area contributed by atoms with E-state index < -0.39 is 0 Å². The third-order valence-electron chi connectivity index (χ3n) is 5.35. The number of aromatic nitrogens is 1. The Balaban J connectivity index is 1.51. The van der Waals surface area contributed by atoms with Crippen LogP contribution in [0.2, 0.25) is 0 Å². The summed E-state index contributed by atoms with van der Waals surface area (Å²) >= 11 is 0. The van der Waals surface area contributed by atoms with Crippen LogP contribution in [-0.2, 0) is 16.1 Å². The van der Waals surface area contributed by atoms with E-state index in [1.54, 1.807) is 4.90 Å². The maximum atomic E-state index is 12.6. The Labute approximate surface area is 141 Å². The van der Waals surface area contributed by atoms with E-state index in [2.05, 4.69) is 16.4 Å². The molecule has 2 fully saturated rings. The molecule has 0 radical (unpaired) electrons. The van der Waals surface area contributed by atoms with Gasteiger partial charge < -0.3 is 15.2 Å². The molecular weight excluding hydrogens is 302 g/mol. The molecule has 2 aromatic rings. The van der Waals surface area contributed by atoms with Crippen molar-refractivity contribution in [3.8, 4) is 0 Å². The van der Waals surface area contributed by atoms with Crippen LogP contribution in [0.3, 0.4) is 0 Å². The van der Waals surface area contributed by atoms with Gasteiger partial charge in [-0.15, -0.1) is 0 Å². The molecule has 126 valence electrons. The number of rotatable bonds is 4. The minimum absolute atomic E-state index is 0.0209. The summed E-state index contributed by atoms with van der Waals surface area (Å²) < 4.78 is 0. The highest BCUT2D eigenvalue weighted by Gasteiger charge is 2.37. The van der Waals surface area contributed by atoms with Crippen molar-refractivity contribution in [1.29, 1.82) is 0 Å². The average Bonchev–Trinajstić information content (AvgIpc) is 3.30. The SMILES string of the molecule is O=C(NC1CCCC1)[C@H]1CCC(=O)N1Cc1c[nH]c2ccccc12. The zero-order valence-electron chi connectivity index (χ0n) is 13.8. The topological polar surface area (TPSA) is 65.2 Å². The standard InChI is InChI=1S/C19H23N3O2/c23-18-10-9-17(19(24)21-14-5-1-2-6-14)22(18)12-13-11-20-16-8-4-3-7-15(13)16/h3-4,7-8,11,14,17,20H,1-2,5-6,9-10,12H2,(H,21,24)/t17-/m1/s1. The quantitative estimate of drug-likeness (QED) is 0.908. The first kappa shape index (κ1) is 15.2. The summed E-state index contributed by atoms with van der Waals surface area (Å²) in [5.41, 5.74) is 2.13. The Morgan fingerprint density at radius 1 is 1.21 bits per heavy atom. The Hall–Kier alpha value is -2.30. The number of para-hydroxylation sites is 1. The molecular formula is C19H23N3O2. The summed E-state index contributed by atoms with van der Waals surface area (Å²) in [4.78, 5) is 30.0. The van der Waals surface area contributed by atoms with Gasteiger partial charge in [-0.2, -0.15) is 0 Å². The molecule has 2 amide bonds. The second-order valence-electron chi connectivity index (χ2n) is 6.93. The molecule has 1 saturated heterocycles. The fourth-order valence-corrected chi connectivity index (χ4v) is 4.02. The largest absolute Gasteiger partial charge is 0.361 e. The Kier molecular flexibility index (Phi) is 4.00. The molecule has 5 heteroatoms. The van der Waals surface area contributed by atoms with Crippen molar-refractivity contribution in [2.24, 2.45) is 0 Å². The molecule has 1 aromatic carbocycles. The van der Waals surface area contributed by atoms with Crippen molar-refractivity contribution in [2.75, 3.05) is 0 Å². The van der Waals surface area contributed by atoms with E-state index in [1.807, 2.05) is 24.4 Å². The van der Waals surface area contributed by atoms with E-state index >= 15 is 0 Å². The number of benzene rings is 1. The van der Waals surface area contributed by atoms with Crippen LogP contribution in [0.25, 0.3) is 10.9 Å². The van der Waals surface area contributed by atoms with Crippen LogP contribution in [0.5, 0.6) is 0 Å². The molecule has 2 heterocycles. The summed E-state index contributed by atoms with van der Waals surface area (Å²) in [6.45, 7) is 0.492. The van der Waals surface area contributed by atoms with Crippen LogP contribution in [0.4, 0.5) is 0 Å². The molecule has 24 heavy (non-hydrogen) atoms. The van der Waals surface area contributed by atoms with Gasteiger partial charge in [0.25, 0.3) is 0 Å². The third-order valence-corrected chi connectivity index (χ3v) is 5.35. The number of aromatic amines is 1. The van der Waals surface area contributed by atoms with E-state index in [4.69, 9.17) is 0 Å². The summed E-state index contributed by atoms with van der Waals surface area (Å²) in [6, 6.07) is 8.02. The molecule has 0 spiro atoms. The van der Waals surface area contributed by atoms with Crippen molar-refractivity contribution in [1.82, 2.24) is 15.2 Å². The minimum Gasteiger partial charge on any atom is -0.361 e. The van der Waals surface area contributed by atoms with E-state index in [0.717, 1.165) is 29.3 Å². The zero-order valence-corrected chi connectivity index (χ0v) is 13.8. The van der Waals surface area contributed by atoms with Crippen molar-refractivity contribution >= 4 is 22.7 Å². The summed E-state index contributed by atoms with van der Waals surface area (Å²) in [7, 11) is 0. The van der Waals surface area contributed by atoms with Crippen LogP contribution < -0.4 is 5.32 Å². The van der Waals surface area contributed by atoms with Gasteiger partial charge in [-0.1, -0.05) is 31.0 Å². The molecule has 0 bridgehead atoms. The molecule has 5 nitrogen and oxygen atoms in total.